The van der Waals surface area contributed by atoms with Crippen LogP contribution >= 0.6 is 12.2 Å². The van der Waals surface area contributed by atoms with Gasteiger partial charge in [-0.15, -0.1) is 0 Å². The van der Waals surface area contributed by atoms with Crippen LogP contribution < -0.4 is 11.1 Å². The lowest BCUT2D eigenvalue weighted by atomic mass is 9.93. The summed E-state index contributed by atoms with van der Waals surface area (Å²) >= 11 is 4.93. The van der Waals surface area contributed by atoms with Crippen molar-refractivity contribution in [3.05, 3.63) is 29.3 Å². The van der Waals surface area contributed by atoms with Gasteiger partial charge in [-0.3, -0.25) is 4.79 Å². The molecule has 0 radical (unpaired) electrons. The molecule has 4 nitrogen and oxygen atoms in total. The predicted octanol–water partition coefficient (Wildman–Crippen LogP) is 1.74. The van der Waals surface area contributed by atoms with E-state index in [1.165, 1.54) is 0 Å². The van der Waals surface area contributed by atoms with E-state index in [9.17, 15) is 9.90 Å². The minimum absolute atomic E-state index is 0.108. The standard InChI is InChI=1S/C13H18N2O2S/c1-8-9(5-4-6-10(8)16)11(17)15-7-13(2,3)12(14)18/h4-6,16H,7H2,1-3H3,(H2,14,18)(H,15,17). The van der Waals surface area contributed by atoms with E-state index < -0.39 is 5.41 Å². The normalized spacial score (nSPS) is 11.1. The van der Waals surface area contributed by atoms with Crippen molar-refractivity contribution in [2.75, 3.05) is 6.54 Å². The number of rotatable bonds is 4. The highest BCUT2D eigenvalue weighted by atomic mass is 32.1. The second-order valence-electron chi connectivity index (χ2n) is 4.88. The highest BCUT2D eigenvalue weighted by molar-refractivity contribution is 7.80. The largest absolute Gasteiger partial charge is 0.508 e. The molecule has 0 unspecified atom stereocenters. The topological polar surface area (TPSA) is 75.3 Å². The molecule has 0 aliphatic rings. The monoisotopic (exact) mass is 266 g/mol. The number of carbonyl (C=O) groups is 1. The molecule has 0 heterocycles. The van der Waals surface area contributed by atoms with Crippen LogP contribution in [0.4, 0.5) is 0 Å². The fourth-order valence-corrected chi connectivity index (χ4v) is 1.43. The van der Waals surface area contributed by atoms with Crippen LogP contribution in [0, 0.1) is 12.3 Å². The molecule has 0 saturated heterocycles. The van der Waals surface area contributed by atoms with Crippen molar-refractivity contribution < 1.29 is 9.90 Å². The number of amides is 1. The molecule has 1 aromatic carbocycles. The zero-order valence-corrected chi connectivity index (χ0v) is 11.6. The van der Waals surface area contributed by atoms with Gasteiger partial charge < -0.3 is 16.2 Å². The number of nitrogens with two attached hydrogens (primary N) is 1. The minimum Gasteiger partial charge on any atom is -0.508 e. The van der Waals surface area contributed by atoms with Crippen molar-refractivity contribution in [1.82, 2.24) is 5.32 Å². The summed E-state index contributed by atoms with van der Waals surface area (Å²) in [5.41, 5.74) is 6.17. The van der Waals surface area contributed by atoms with Gasteiger partial charge in [-0.25, -0.2) is 0 Å². The lowest BCUT2D eigenvalue weighted by molar-refractivity contribution is 0.0944. The molecule has 0 bridgehead atoms. The Hall–Kier alpha value is -1.62. The van der Waals surface area contributed by atoms with Crippen LogP contribution in [-0.2, 0) is 0 Å². The Balaban J connectivity index is 2.78. The Morgan fingerprint density at radius 1 is 1.50 bits per heavy atom. The number of aromatic hydroxyl groups is 1. The Morgan fingerprint density at radius 2 is 2.11 bits per heavy atom. The summed E-state index contributed by atoms with van der Waals surface area (Å²) in [6.45, 7) is 5.79. The number of benzene rings is 1. The van der Waals surface area contributed by atoms with Crippen LogP contribution in [0.15, 0.2) is 18.2 Å². The summed E-state index contributed by atoms with van der Waals surface area (Å²) in [6, 6.07) is 4.85. The van der Waals surface area contributed by atoms with E-state index in [0.29, 0.717) is 22.7 Å². The van der Waals surface area contributed by atoms with E-state index in [0.717, 1.165) is 0 Å². The maximum absolute atomic E-state index is 12.0. The maximum atomic E-state index is 12.0. The number of phenols is 1. The van der Waals surface area contributed by atoms with Gasteiger partial charge in [-0.05, 0) is 19.1 Å². The number of hydrogen-bond acceptors (Lipinski definition) is 3. The summed E-state index contributed by atoms with van der Waals surface area (Å²) in [4.78, 5) is 12.3. The van der Waals surface area contributed by atoms with Gasteiger partial charge in [-0.1, -0.05) is 32.1 Å². The van der Waals surface area contributed by atoms with Gasteiger partial charge in [0.2, 0.25) is 0 Å². The molecule has 0 spiro atoms. The molecule has 0 fully saturated rings. The zero-order valence-electron chi connectivity index (χ0n) is 10.8. The molecule has 0 aromatic heterocycles. The van der Waals surface area contributed by atoms with E-state index >= 15 is 0 Å². The van der Waals surface area contributed by atoms with Crippen molar-refractivity contribution in [2.45, 2.75) is 20.8 Å². The number of nitrogens with one attached hydrogen (secondary N) is 1. The van der Waals surface area contributed by atoms with Gasteiger partial charge in [0, 0.05) is 23.1 Å². The molecule has 0 saturated carbocycles. The predicted molar refractivity (Wildman–Crippen MR) is 75.7 cm³/mol. The molecule has 98 valence electrons. The first-order valence-electron chi connectivity index (χ1n) is 5.62. The highest BCUT2D eigenvalue weighted by Crippen LogP contribution is 2.20. The smallest absolute Gasteiger partial charge is 0.251 e. The third-order valence-corrected chi connectivity index (χ3v) is 3.46. The number of carbonyl (C=O) groups excluding carboxylic acids is 1. The third kappa shape index (κ3) is 3.20. The Bertz CT molecular complexity index is 484. The number of hydrogen-bond donors (Lipinski definition) is 3. The van der Waals surface area contributed by atoms with Crippen LogP contribution in [0.5, 0.6) is 5.75 Å². The summed E-state index contributed by atoms with van der Waals surface area (Å²) in [5.74, 6) is -0.135. The second kappa shape index (κ2) is 5.35. The third-order valence-electron chi connectivity index (χ3n) is 2.91. The molecule has 0 atom stereocenters. The van der Waals surface area contributed by atoms with Crippen LogP contribution in [-0.4, -0.2) is 22.5 Å². The SMILES string of the molecule is Cc1c(O)cccc1C(=O)NCC(C)(C)C(N)=S. The average molecular weight is 266 g/mol. The quantitative estimate of drug-likeness (QED) is 0.726. The van der Waals surface area contributed by atoms with Crippen molar-refractivity contribution >= 4 is 23.1 Å². The fourth-order valence-electron chi connectivity index (χ4n) is 1.35. The lowest BCUT2D eigenvalue weighted by Crippen LogP contribution is -2.41. The molecule has 5 heteroatoms. The summed E-state index contributed by atoms with van der Waals surface area (Å²) in [6.07, 6.45) is 0. The van der Waals surface area contributed by atoms with Crippen molar-refractivity contribution in [2.24, 2.45) is 11.1 Å². The van der Waals surface area contributed by atoms with E-state index in [-0.39, 0.29) is 11.7 Å². The van der Waals surface area contributed by atoms with E-state index in [2.05, 4.69) is 5.32 Å². The summed E-state index contributed by atoms with van der Waals surface area (Å²) in [7, 11) is 0. The van der Waals surface area contributed by atoms with E-state index in [1.807, 2.05) is 13.8 Å². The maximum Gasteiger partial charge on any atom is 0.251 e. The van der Waals surface area contributed by atoms with Crippen LogP contribution in [0.25, 0.3) is 0 Å². The molecule has 0 aliphatic heterocycles. The molecule has 1 rings (SSSR count). The molecule has 18 heavy (non-hydrogen) atoms. The zero-order chi connectivity index (χ0) is 13.9. The second-order valence-corrected chi connectivity index (χ2v) is 5.32. The minimum atomic E-state index is -0.435. The van der Waals surface area contributed by atoms with Gasteiger partial charge in [0.05, 0.1) is 4.99 Å². The van der Waals surface area contributed by atoms with Crippen molar-refractivity contribution in [3.63, 3.8) is 0 Å². The molecular formula is C13H18N2O2S. The number of phenolic OH excluding ortho intramolecular Hbond substituents is 1. The molecule has 1 aromatic rings. The lowest BCUT2D eigenvalue weighted by Gasteiger charge is -2.23. The number of thiocarbonyl (C=S) groups is 1. The van der Waals surface area contributed by atoms with E-state index in [1.54, 1.807) is 25.1 Å². The van der Waals surface area contributed by atoms with Crippen molar-refractivity contribution in [3.8, 4) is 5.75 Å². The fraction of sp³-hybridized carbons (Fsp3) is 0.385. The van der Waals surface area contributed by atoms with E-state index in [4.69, 9.17) is 18.0 Å². The first-order valence-corrected chi connectivity index (χ1v) is 6.03. The van der Waals surface area contributed by atoms with Gasteiger partial charge in [0.15, 0.2) is 0 Å². The Morgan fingerprint density at radius 3 is 2.67 bits per heavy atom. The molecule has 1 amide bonds. The van der Waals surface area contributed by atoms with Gasteiger partial charge in [0.1, 0.15) is 5.75 Å². The van der Waals surface area contributed by atoms with Crippen LogP contribution in [0.1, 0.15) is 29.8 Å². The van der Waals surface area contributed by atoms with Gasteiger partial charge in [-0.2, -0.15) is 0 Å². The molecular weight excluding hydrogens is 248 g/mol. The van der Waals surface area contributed by atoms with Gasteiger partial charge in [0.25, 0.3) is 5.91 Å². The first kappa shape index (κ1) is 14.4. The molecule has 0 aliphatic carbocycles. The summed E-state index contributed by atoms with van der Waals surface area (Å²) < 4.78 is 0. The Kier molecular flexibility index (Phi) is 4.29. The van der Waals surface area contributed by atoms with Crippen LogP contribution in [0.3, 0.4) is 0 Å². The highest BCUT2D eigenvalue weighted by Gasteiger charge is 2.22. The van der Waals surface area contributed by atoms with Gasteiger partial charge >= 0.3 is 0 Å². The molecule has 4 N–H and O–H groups in total. The Labute approximate surface area is 112 Å². The van der Waals surface area contributed by atoms with Crippen molar-refractivity contribution in [1.29, 1.82) is 0 Å². The first-order chi connectivity index (χ1) is 8.25. The average Bonchev–Trinajstić information content (AvgIpc) is 2.29. The summed E-state index contributed by atoms with van der Waals surface area (Å²) in [5, 5.41) is 12.3. The van der Waals surface area contributed by atoms with Crippen LogP contribution in [0.2, 0.25) is 0 Å².